The van der Waals surface area contributed by atoms with Crippen LogP contribution < -0.4 is 0 Å². The summed E-state index contributed by atoms with van der Waals surface area (Å²) in [7, 11) is 0. The molecule has 3 atom stereocenters. The summed E-state index contributed by atoms with van der Waals surface area (Å²) in [4.78, 5) is 0. The van der Waals surface area contributed by atoms with Crippen LogP contribution in [0.1, 0.15) is 23.5 Å². The highest BCUT2D eigenvalue weighted by molar-refractivity contribution is 6.18. The van der Waals surface area contributed by atoms with E-state index in [4.69, 9.17) is 11.6 Å². The van der Waals surface area contributed by atoms with Crippen LogP contribution in [-0.4, -0.2) is 5.88 Å². The van der Waals surface area contributed by atoms with E-state index in [1.165, 1.54) is 17.5 Å². The van der Waals surface area contributed by atoms with Gasteiger partial charge in [-0.25, -0.2) is 0 Å². The molecule has 98 valence electrons. The van der Waals surface area contributed by atoms with Gasteiger partial charge in [-0.15, -0.1) is 11.6 Å². The zero-order valence-electron chi connectivity index (χ0n) is 11.0. The monoisotopic (exact) mass is 270 g/mol. The minimum Gasteiger partial charge on any atom is -0.126 e. The van der Waals surface area contributed by atoms with Crippen molar-refractivity contribution in [1.29, 1.82) is 0 Å². The molecule has 0 N–H and O–H groups in total. The van der Waals surface area contributed by atoms with Crippen LogP contribution in [0.5, 0.6) is 0 Å². The van der Waals surface area contributed by atoms with Gasteiger partial charge < -0.3 is 0 Å². The lowest BCUT2D eigenvalue weighted by Gasteiger charge is -2.14. The lowest BCUT2D eigenvalue weighted by Crippen LogP contribution is -2.10. The molecule has 1 aliphatic carbocycles. The highest BCUT2D eigenvalue weighted by Crippen LogP contribution is 2.52. The van der Waals surface area contributed by atoms with Gasteiger partial charge in [0, 0.05) is 5.88 Å². The maximum Gasteiger partial charge on any atom is 0.0257 e. The summed E-state index contributed by atoms with van der Waals surface area (Å²) in [5.41, 5.74) is 2.89. The van der Waals surface area contributed by atoms with Crippen LogP contribution in [0.4, 0.5) is 0 Å². The van der Waals surface area contributed by atoms with Crippen LogP contribution >= 0.6 is 11.6 Å². The van der Waals surface area contributed by atoms with Crippen molar-refractivity contribution in [3.8, 4) is 0 Å². The van der Waals surface area contributed by atoms with Gasteiger partial charge in [0.15, 0.2) is 0 Å². The van der Waals surface area contributed by atoms with E-state index in [0.717, 1.165) is 24.1 Å². The normalized spacial score (nSPS) is 23.0. The first kappa shape index (κ1) is 12.7. The summed E-state index contributed by atoms with van der Waals surface area (Å²) in [6, 6.07) is 21.6. The van der Waals surface area contributed by atoms with Crippen molar-refractivity contribution in [1.82, 2.24) is 0 Å². The van der Waals surface area contributed by atoms with E-state index in [1.54, 1.807) is 0 Å². The van der Waals surface area contributed by atoms with E-state index in [-0.39, 0.29) is 0 Å². The molecule has 0 spiro atoms. The second kappa shape index (κ2) is 5.79. The Bertz CT molecular complexity index is 506. The summed E-state index contributed by atoms with van der Waals surface area (Å²) in [5, 5.41) is 0. The predicted molar refractivity (Wildman–Crippen MR) is 81.6 cm³/mol. The van der Waals surface area contributed by atoms with Crippen LogP contribution in [0.3, 0.4) is 0 Å². The average molecular weight is 271 g/mol. The summed E-state index contributed by atoms with van der Waals surface area (Å²) in [5.74, 6) is 2.87. The molecule has 0 radical (unpaired) electrons. The third kappa shape index (κ3) is 3.01. The summed E-state index contributed by atoms with van der Waals surface area (Å²) in [6.07, 6.45) is 2.41. The number of alkyl halides is 1. The Balaban J connectivity index is 1.65. The van der Waals surface area contributed by atoms with Crippen LogP contribution in [-0.2, 0) is 6.42 Å². The molecule has 2 aromatic carbocycles. The van der Waals surface area contributed by atoms with Crippen molar-refractivity contribution in [2.75, 3.05) is 5.88 Å². The highest BCUT2D eigenvalue weighted by Gasteiger charge is 2.42. The number of hydrogen-bond donors (Lipinski definition) is 0. The molecule has 1 aliphatic rings. The number of benzene rings is 2. The number of rotatable bonds is 5. The van der Waals surface area contributed by atoms with Crippen molar-refractivity contribution in [2.24, 2.45) is 11.8 Å². The Morgan fingerprint density at radius 3 is 2.21 bits per heavy atom. The number of hydrogen-bond acceptors (Lipinski definition) is 0. The zero-order valence-corrected chi connectivity index (χ0v) is 11.8. The summed E-state index contributed by atoms with van der Waals surface area (Å²) >= 11 is 6.21. The van der Waals surface area contributed by atoms with Gasteiger partial charge in [0.25, 0.3) is 0 Å². The average Bonchev–Trinajstić information content (AvgIpc) is 3.27. The second-order valence-corrected chi connectivity index (χ2v) is 5.83. The molecule has 0 saturated heterocycles. The van der Waals surface area contributed by atoms with Gasteiger partial charge in [0.1, 0.15) is 0 Å². The van der Waals surface area contributed by atoms with E-state index in [1.807, 2.05) is 0 Å². The molecule has 0 nitrogen and oxygen atoms in total. The van der Waals surface area contributed by atoms with Gasteiger partial charge in [-0.1, -0.05) is 60.7 Å². The van der Waals surface area contributed by atoms with Gasteiger partial charge in [-0.3, -0.25) is 0 Å². The molecule has 1 saturated carbocycles. The summed E-state index contributed by atoms with van der Waals surface area (Å²) < 4.78 is 0. The molecule has 3 rings (SSSR count). The van der Waals surface area contributed by atoms with Gasteiger partial charge >= 0.3 is 0 Å². The quantitative estimate of drug-likeness (QED) is 0.679. The Labute approximate surface area is 120 Å². The Kier molecular flexibility index (Phi) is 3.89. The lowest BCUT2D eigenvalue weighted by molar-refractivity contribution is 0.501. The molecular formula is C18H19Cl. The lowest BCUT2D eigenvalue weighted by atomic mass is 9.94. The van der Waals surface area contributed by atoms with Gasteiger partial charge in [-0.05, 0) is 41.7 Å². The molecule has 1 fully saturated rings. The molecule has 0 aliphatic heterocycles. The van der Waals surface area contributed by atoms with Crippen molar-refractivity contribution >= 4 is 11.6 Å². The zero-order chi connectivity index (χ0) is 13.1. The van der Waals surface area contributed by atoms with Gasteiger partial charge in [-0.2, -0.15) is 0 Å². The third-order valence-electron chi connectivity index (χ3n) is 4.21. The highest BCUT2D eigenvalue weighted by atomic mass is 35.5. The molecular weight excluding hydrogens is 252 g/mol. The molecule has 0 amide bonds. The maximum atomic E-state index is 6.21. The Morgan fingerprint density at radius 2 is 1.58 bits per heavy atom. The molecule has 3 unspecified atom stereocenters. The number of halogens is 1. The fourth-order valence-corrected chi connectivity index (χ4v) is 3.39. The van der Waals surface area contributed by atoms with Crippen molar-refractivity contribution < 1.29 is 0 Å². The molecule has 19 heavy (non-hydrogen) atoms. The third-order valence-corrected chi connectivity index (χ3v) is 4.61. The van der Waals surface area contributed by atoms with E-state index in [0.29, 0.717) is 5.92 Å². The fourth-order valence-electron chi connectivity index (χ4n) is 3.06. The molecule has 0 heterocycles. The van der Waals surface area contributed by atoms with Crippen molar-refractivity contribution in [3.63, 3.8) is 0 Å². The first-order valence-corrected chi connectivity index (χ1v) is 7.57. The van der Waals surface area contributed by atoms with Crippen LogP contribution in [0.25, 0.3) is 0 Å². The van der Waals surface area contributed by atoms with Gasteiger partial charge in [0.2, 0.25) is 0 Å². The van der Waals surface area contributed by atoms with Crippen LogP contribution in [0.15, 0.2) is 60.7 Å². The summed E-state index contributed by atoms with van der Waals surface area (Å²) in [6.45, 7) is 0. The molecule has 1 heteroatoms. The van der Waals surface area contributed by atoms with Crippen molar-refractivity contribution in [3.05, 3.63) is 71.8 Å². The standard InChI is InChI=1S/C18H19Cl/c19-13-16(11-14-7-3-1-4-8-14)18-12-17(18)15-9-5-2-6-10-15/h1-10,16-18H,11-13H2. The second-order valence-electron chi connectivity index (χ2n) is 5.52. The first-order valence-electron chi connectivity index (χ1n) is 7.03. The minimum atomic E-state index is 0.606. The van der Waals surface area contributed by atoms with E-state index in [9.17, 15) is 0 Å². The maximum absolute atomic E-state index is 6.21. The molecule has 2 aromatic rings. The SMILES string of the molecule is ClCC(Cc1ccccc1)C1CC1c1ccccc1. The molecule has 0 bridgehead atoms. The van der Waals surface area contributed by atoms with E-state index in [2.05, 4.69) is 60.7 Å². The fraction of sp³-hybridized carbons (Fsp3) is 0.333. The van der Waals surface area contributed by atoms with Crippen LogP contribution in [0.2, 0.25) is 0 Å². The topological polar surface area (TPSA) is 0 Å². The molecule has 0 aromatic heterocycles. The van der Waals surface area contributed by atoms with E-state index < -0.39 is 0 Å². The van der Waals surface area contributed by atoms with Crippen LogP contribution in [0, 0.1) is 11.8 Å². The smallest absolute Gasteiger partial charge is 0.0257 e. The van der Waals surface area contributed by atoms with E-state index >= 15 is 0 Å². The minimum absolute atomic E-state index is 0.606. The Hall–Kier alpha value is -1.27. The van der Waals surface area contributed by atoms with Gasteiger partial charge in [0.05, 0.1) is 0 Å². The van der Waals surface area contributed by atoms with Crippen molar-refractivity contribution in [2.45, 2.75) is 18.8 Å². The Morgan fingerprint density at radius 1 is 0.947 bits per heavy atom. The first-order chi connectivity index (χ1) is 9.38. The largest absolute Gasteiger partial charge is 0.126 e. The predicted octanol–water partition coefficient (Wildman–Crippen LogP) is 4.89.